The van der Waals surface area contributed by atoms with Crippen molar-refractivity contribution in [1.82, 2.24) is 19.6 Å². The summed E-state index contributed by atoms with van der Waals surface area (Å²) in [6.45, 7) is 6.96. The highest BCUT2D eigenvalue weighted by Gasteiger charge is 2.14. The highest BCUT2D eigenvalue weighted by molar-refractivity contribution is 7.80. The fourth-order valence-corrected chi connectivity index (χ4v) is 4.06. The third-order valence-electron chi connectivity index (χ3n) is 5.47. The van der Waals surface area contributed by atoms with Gasteiger partial charge in [-0.25, -0.2) is 4.39 Å². The van der Waals surface area contributed by atoms with Gasteiger partial charge in [-0.15, -0.1) is 0 Å². The van der Waals surface area contributed by atoms with Crippen LogP contribution >= 0.6 is 23.8 Å². The number of anilines is 2. The Bertz CT molecular complexity index is 1290. The van der Waals surface area contributed by atoms with Gasteiger partial charge >= 0.3 is 0 Å². The Hall–Kier alpha value is -3.23. The minimum Gasteiger partial charge on any atom is -0.330 e. The van der Waals surface area contributed by atoms with Crippen LogP contribution in [0, 0.1) is 26.6 Å². The van der Waals surface area contributed by atoms with E-state index in [2.05, 4.69) is 39.9 Å². The lowest BCUT2D eigenvalue weighted by atomic mass is 10.1. The van der Waals surface area contributed by atoms with Crippen LogP contribution in [0.5, 0.6) is 0 Å². The van der Waals surface area contributed by atoms with Crippen molar-refractivity contribution < 1.29 is 4.39 Å². The summed E-state index contributed by atoms with van der Waals surface area (Å²) in [6.07, 6.45) is 3.38. The van der Waals surface area contributed by atoms with Crippen LogP contribution in [-0.2, 0) is 13.1 Å². The lowest BCUT2D eigenvalue weighted by Gasteiger charge is -2.11. The van der Waals surface area contributed by atoms with Crippen LogP contribution in [0.25, 0.3) is 0 Å². The number of thiocarbonyl (C=S) groups is 1. The van der Waals surface area contributed by atoms with Crippen molar-refractivity contribution in [2.45, 2.75) is 33.9 Å². The highest BCUT2D eigenvalue weighted by atomic mass is 35.5. The highest BCUT2D eigenvalue weighted by Crippen LogP contribution is 2.23. The van der Waals surface area contributed by atoms with Crippen molar-refractivity contribution >= 4 is 40.3 Å². The molecule has 4 rings (SSSR count). The van der Waals surface area contributed by atoms with E-state index >= 15 is 0 Å². The number of aromatic nitrogens is 4. The lowest BCUT2D eigenvalue weighted by molar-refractivity contribution is 0.585. The van der Waals surface area contributed by atoms with E-state index in [-0.39, 0.29) is 12.4 Å². The zero-order valence-corrected chi connectivity index (χ0v) is 20.1. The van der Waals surface area contributed by atoms with Crippen LogP contribution in [0.3, 0.4) is 0 Å². The predicted octanol–water partition coefficient (Wildman–Crippen LogP) is 5.70. The van der Waals surface area contributed by atoms with Crippen molar-refractivity contribution in [2.24, 2.45) is 0 Å². The van der Waals surface area contributed by atoms with Gasteiger partial charge in [-0.2, -0.15) is 10.2 Å². The molecule has 0 aliphatic heterocycles. The van der Waals surface area contributed by atoms with Gasteiger partial charge in [-0.1, -0.05) is 41.9 Å². The number of nitrogens with one attached hydrogen (secondary N) is 2. The van der Waals surface area contributed by atoms with Gasteiger partial charge in [0.15, 0.2) is 5.11 Å². The molecule has 2 N–H and O–H groups in total. The lowest BCUT2D eigenvalue weighted by Crippen LogP contribution is -2.19. The molecular weight excluding hydrogens is 459 g/mol. The maximum atomic E-state index is 14.1. The topological polar surface area (TPSA) is 59.7 Å². The number of nitrogens with zero attached hydrogens (tertiary/aromatic N) is 4. The minimum atomic E-state index is -0.363. The van der Waals surface area contributed by atoms with E-state index in [9.17, 15) is 4.39 Å². The molecule has 0 spiro atoms. The average Bonchev–Trinajstić information content (AvgIpc) is 3.31. The Labute approximate surface area is 202 Å². The van der Waals surface area contributed by atoms with Crippen molar-refractivity contribution in [1.29, 1.82) is 0 Å². The number of hydrogen-bond donors (Lipinski definition) is 2. The largest absolute Gasteiger partial charge is 0.330 e. The number of hydrogen-bond acceptors (Lipinski definition) is 3. The molecule has 0 atom stereocenters. The molecule has 0 aliphatic carbocycles. The van der Waals surface area contributed by atoms with Crippen LogP contribution in [0.2, 0.25) is 5.02 Å². The maximum absolute atomic E-state index is 14.1. The van der Waals surface area contributed by atoms with Crippen LogP contribution < -0.4 is 10.6 Å². The Balaban J connectivity index is 1.42. The number of halogens is 2. The van der Waals surface area contributed by atoms with Crippen molar-refractivity contribution in [3.63, 3.8) is 0 Å². The molecule has 0 saturated heterocycles. The first-order valence-electron chi connectivity index (χ1n) is 10.4. The summed E-state index contributed by atoms with van der Waals surface area (Å²) in [5.41, 5.74) is 6.24. The molecule has 2 aromatic heterocycles. The summed E-state index contributed by atoms with van der Waals surface area (Å²) < 4.78 is 17.6. The summed E-state index contributed by atoms with van der Waals surface area (Å²) in [5.74, 6) is -0.363. The van der Waals surface area contributed by atoms with E-state index in [1.165, 1.54) is 17.2 Å². The van der Waals surface area contributed by atoms with Gasteiger partial charge in [0, 0.05) is 16.8 Å². The Kier molecular flexibility index (Phi) is 6.76. The monoisotopic (exact) mass is 482 g/mol. The zero-order chi connectivity index (χ0) is 23.5. The van der Waals surface area contributed by atoms with E-state index < -0.39 is 0 Å². The Morgan fingerprint density at radius 2 is 1.85 bits per heavy atom. The first-order valence-corrected chi connectivity index (χ1v) is 11.2. The summed E-state index contributed by atoms with van der Waals surface area (Å²) in [7, 11) is 0. The molecule has 33 heavy (non-hydrogen) atoms. The maximum Gasteiger partial charge on any atom is 0.175 e. The minimum absolute atomic E-state index is 0.220. The molecule has 0 bridgehead atoms. The summed E-state index contributed by atoms with van der Waals surface area (Å²) in [4.78, 5) is 0. The molecule has 0 aliphatic rings. The molecular formula is C24H24ClFN6S. The number of rotatable bonds is 6. The molecule has 0 radical (unpaired) electrons. The fraction of sp³-hybridized carbons (Fsp3) is 0.208. The van der Waals surface area contributed by atoms with E-state index in [0.29, 0.717) is 27.9 Å². The molecule has 0 amide bonds. The van der Waals surface area contributed by atoms with Crippen molar-refractivity contribution in [3.8, 4) is 0 Å². The van der Waals surface area contributed by atoms with Gasteiger partial charge < -0.3 is 10.6 Å². The summed E-state index contributed by atoms with van der Waals surface area (Å²) in [6, 6.07) is 12.9. The molecule has 2 heterocycles. The Morgan fingerprint density at radius 1 is 1.06 bits per heavy atom. The van der Waals surface area contributed by atoms with Crippen LogP contribution in [-0.4, -0.2) is 24.7 Å². The first kappa shape index (κ1) is 22.9. The molecule has 170 valence electrons. The van der Waals surface area contributed by atoms with Crippen LogP contribution in [0.1, 0.15) is 28.1 Å². The first-order chi connectivity index (χ1) is 15.8. The SMILES string of the molecule is Cc1ccccc1Cn1nc(C)c(NC(=S)Nc2cnn(Cc3c(F)cccc3Cl)c2)c1C. The summed E-state index contributed by atoms with van der Waals surface area (Å²) >= 11 is 11.6. The van der Waals surface area contributed by atoms with Gasteiger partial charge in [0.05, 0.1) is 42.0 Å². The quantitative estimate of drug-likeness (QED) is 0.345. The molecule has 0 saturated carbocycles. The van der Waals surface area contributed by atoms with Gasteiger partial charge in [0.25, 0.3) is 0 Å². The third-order valence-corrected chi connectivity index (χ3v) is 6.03. The molecule has 6 nitrogen and oxygen atoms in total. The van der Waals surface area contributed by atoms with Crippen LogP contribution in [0.4, 0.5) is 15.8 Å². The fourth-order valence-electron chi connectivity index (χ4n) is 3.62. The van der Waals surface area contributed by atoms with E-state index in [1.54, 1.807) is 29.2 Å². The number of benzene rings is 2. The molecule has 9 heteroatoms. The van der Waals surface area contributed by atoms with E-state index in [1.807, 2.05) is 30.7 Å². The predicted molar refractivity (Wildman–Crippen MR) is 135 cm³/mol. The van der Waals surface area contributed by atoms with Gasteiger partial charge in [-0.05, 0) is 56.2 Å². The number of aryl methyl sites for hydroxylation is 2. The van der Waals surface area contributed by atoms with Crippen molar-refractivity contribution in [3.05, 3.63) is 93.8 Å². The van der Waals surface area contributed by atoms with Crippen molar-refractivity contribution in [2.75, 3.05) is 10.6 Å². The smallest absolute Gasteiger partial charge is 0.175 e. The zero-order valence-electron chi connectivity index (χ0n) is 18.6. The normalized spacial score (nSPS) is 10.9. The average molecular weight is 483 g/mol. The Morgan fingerprint density at radius 3 is 2.61 bits per heavy atom. The second kappa shape index (κ2) is 9.72. The van der Waals surface area contributed by atoms with E-state index in [0.717, 1.165) is 17.1 Å². The molecule has 4 aromatic rings. The standard InChI is InChI=1S/C24H24ClFN6S/c1-15-7-4-5-8-18(15)12-32-17(3)23(16(2)30-32)29-24(33)28-19-11-27-31(13-19)14-20-21(25)9-6-10-22(20)26/h4-11,13H,12,14H2,1-3H3,(H2,28,29,33). The van der Waals surface area contributed by atoms with Gasteiger partial charge in [0.2, 0.25) is 0 Å². The second-order valence-electron chi connectivity index (χ2n) is 7.84. The van der Waals surface area contributed by atoms with Crippen LogP contribution in [0.15, 0.2) is 54.9 Å². The van der Waals surface area contributed by atoms with E-state index in [4.69, 9.17) is 23.8 Å². The second-order valence-corrected chi connectivity index (χ2v) is 8.65. The molecule has 0 fully saturated rings. The third kappa shape index (κ3) is 5.23. The van der Waals surface area contributed by atoms with Gasteiger partial charge in [-0.3, -0.25) is 9.36 Å². The van der Waals surface area contributed by atoms with Gasteiger partial charge in [0.1, 0.15) is 5.82 Å². The molecule has 0 unspecified atom stereocenters. The summed E-state index contributed by atoms with van der Waals surface area (Å²) in [5, 5.41) is 16.1. The molecule has 2 aromatic carbocycles.